The Morgan fingerprint density at radius 1 is 1.47 bits per heavy atom. The zero-order valence-electron chi connectivity index (χ0n) is 9.20. The molecule has 1 aromatic heterocycles. The number of hydrogen-bond acceptors (Lipinski definition) is 3. The van der Waals surface area contributed by atoms with Gasteiger partial charge in [0.1, 0.15) is 0 Å². The van der Waals surface area contributed by atoms with E-state index in [2.05, 4.69) is 18.4 Å². The second-order valence-corrected chi connectivity index (χ2v) is 4.54. The molecule has 0 aliphatic carbocycles. The van der Waals surface area contributed by atoms with Crippen molar-refractivity contribution in [2.45, 2.75) is 39.0 Å². The molecule has 0 radical (unpaired) electrons. The molecule has 0 saturated heterocycles. The third-order valence-corrected chi connectivity index (χ3v) is 3.08. The Hall–Kier alpha value is -0.830. The molecule has 1 heterocycles. The maximum atomic E-state index is 11.2. The lowest BCUT2D eigenvalue weighted by atomic mass is 10.2. The summed E-state index contributed by atoms with van der Waals surface area (Å²) in [6.45, 7) is 2.67. The van der Waals surface area contributed by atoms with E-state index in [0.717, 1.165) is 25.7 Å². The van der Waals surface area contributed by atoms with Gasteiger partial charge in [0.05, 0.1) is 6.61 Å². The minimum Gasteiger partial charge on any atom is -0.466 e. The van der Waals surface area contributed by atoms with Crippen LogP contribution in [0.15, 0.2) is 17.5 Å². The molecule has 2 nitrogen and oxygen atoms in total. The van der Waals surface area contributed by atoms with E-state index < -0.39 is 0 Å². The number of aryl methyl sites for hydroxylation is 1. The van der Waals surface area contributed by atoms with Gasteiger partial charge in [-0.25, -0.2) is 0 Å². The number of rotatable bonds is 7. The molecule has 0 spiro atoms. The zero-order chi connectivity index (χ0) is 10.9. The Morgan fingerprint density at radius 2 is 2.33 bits per heavy atom. The molecule has 0 saturated carbocycles. The second-order valence-electron chi connectivity index (χ2n) is 3.51. The first-order valence-corrected chi connectivity index (χ1v) is 6.39. The first-order chi connectivity index (χ1) is 7.33. The Morgan fingerprint density at radius 3 is 3.00 bits per heavy atom. The summed E-state index contributed by atoms with van der Waals surface area (Å²) < 4.78 is 5.07. The van der Waals surface area contributed by atoms with Gasteiger partial charge in [0.15, 0.2) is 0 Å². The van der Waals surface area contributed by atoms with Crippen LogP contribution in [0.4, 0.5) is 0 Å². The predicted molar refractivity (Wildman–Crippen MR) is 63.1 cm³/mol. The van der Waals surface area contributed by atoms with Crippen LogP contribution in [0.5, 0.6) is 0 Å². The number of hydrogen-bond donors (Lipinski definition) is 0. The van der Waals surface area contributed by atoms with Gasteiger partial charge in [-0.2, -0.15) is 0 Å². The van der Waals surface area contributed by atoms with Crippen LogP contribution in [0.25, 0.3) is 0 Å². The molecule has 0 amide bonds. The molecular formula is C12H18O2S. The number of esters is 1. The summed E-state index contributed by atoms with van der Waals surface area (Å²) in [5.74, 6) is -0.0555. The number of carbonyl (C=O) groups excluding carboxylic acids is 1. The highest BCUT2D eigenvalue weighted by atomic mass is 32.1. The fourth-order valence-corrected chi connectivity index (χ4v) is 2.02. The van der Waals surface area contributed by atoms with Crippen molar-refractivity contribution < 1.29 is 9.53 Å². The first kappa shape index (κ1) is 12.2. The Labute approximate surface area is 95.3 Å². The van der Waals surface area contributed by atoms with Crippen molar-refractivity contribution >= 4 is 17.3 Å². The van der Waals surface area contributed by atoms with E-state index >= 15 is 0 Å². The highest BCUT2D eigenvalue weighted by Gasteiger charge is 2.02. The fourth-order valence-electron chi connectivity index (χ4n) is 1.26. The maximum Gasteiger partial charge on any atom is 0.305 e. The Bertz CT molecular complexity index is 267. The highest BCUT2D eigenvalue weighted by Crippen LogP contribution is 2.12. The maximum absolute atomic E-state index is 11.2. The van der Waals surface area contributed by atoms with E-state index in [9.17, 15) is 4.79 Å². The predicted octanol–water partition coefficient (Wildman–Crippen LogP) is 3.41. The van der Waals surface area contributed by atoms with Gasteiger partial charge in [0.2, 0.25) is 0 Å². The smallest absolute Gasteiger partial charge is 0.305 e. The van der Waals surface area contributed by atoms with Crippen LogP contribution < -0.4 is 0 Å². The number of ether oxygens (including phenoxy) is 1. The van der Waals surface area contributed by atoms with Crippen LogP contribution in [0.1, 0.15) is 37.5 Å². The van der Waals surface area contributed by atoms with E-state index in [1.807, 2.05) is 6.07 Å². The van der Waals surface area contributed by atoms with Crippen molar-refractivity contribution in [2.24, 2.45) is 0 Å². The van der Waals surface area contributed by atoms with Crippen LogP contribution in [-0.2, 0) is 16.0 Å². The molecule has 0 fully saturated rings. The summed E-state index contributed by atoms with van der Waals surface area (Å²) in [6, 6.07) is 4.15. The van der Waals surface area contributed by atoms with Crippen molar-refractivity contribution in [3.63, 3.8) is 0 Å². The third-order valence-electron chi connectivity index (χ3n) is 2.15. The van der Waals surface area contributed by atoms with Crippen LogP contribution >= 0.6 is 11.3 Å². The van der Waals surface area contributed by atoms with Crippen molar-refractivity contribution in [1.29, 1.82) is 0 Å². The molecule has 84 valence electrons. The summed E-state index contributed by atoms with van der Waals surface area (Å²) >= 11 is 1.74. The topological polar surface area (TPSA) is 26.3 Å². The van der Waals surface area contributed by atoms with Crippen LogP contribution in [-0.4, -0.2) is 12.6 Å². The van der Waals surface area contributed by atoms with Crippen LogP contribution in [0, 0.1) is 0 Å². The Kier molecular flexibility index (Phi) is 6.09. The van der Waals surface area contributed by atoms with E-state index in [-0.39, 0.29) is 5.97 Å². The molecule has 0 aliphatic rings. The van der Waals surface area contributed by atoms with Crippen molar-refractivity contribution in [3.8, 4) is 0 Å². The van der Waals surface area contributed by atoms with Gasteiger partial charge in [-0.15, -0.1) is 11.3 Å². The number of unbranched alkanes of at least 4 members (excludes halogenated alkanes) is 1. The number of carbonyl (C=O) groups is 1. The second kappa shape index (κ2) is 7.46. The van der Waals surface area contributed by atoms with Crippen LogP contribution in [0.3, 0.4) is 0 Å². The first-order valence-electron chi connectivity index (χ1n) is 5.51. The number of thiophene rings is 1. The summed E-state index contributed by atoms with van der Waals surface area (Å²) in [6.07, 6.45) is 4.47. The zero-order valence-corrected chi connectivity index (χ0v) is 10.0. The average molecular weight is 226 g/mol. The van der Waals surface area contributed by atoms with E-state index in [1.165, 1.54) is 4.88 Å². The minimum atomic E-state index is -0.0555. The normalized spacial score (nSPS) is 10.2. The third kappa shape index (κ3) is 5.57. The molecule has 0 unspecified atom stereocenters. The van der Waals surface area contributed by atoms with E-state index in [4.69, 9.17) is 4.74 Å². The fraction of sp³-hybridized carbons (Fsp3) is 0.583. The Balaban J connectivity index is 2.02. The van der Waals surface area contributed by atoms with Gasteiger partial charge in [-0.05, 0) is 30.7 Å². The van der Waals surface area contributed by atoms with Gasteiger partial charge >= 0.3 is 5.97 Å². The molecule has 1 rings (SSSR count). The highest BCUT2D eigenvalue weighted by molar-refractivity contribution is 7.09. The molecular weight excluding hydrogens is 208 g/mol. The van der Waals surface area contributed by atoms with E-state index in [1.54, 1.807) is 11.3 Å². The lowest BCUT2D eigenvalue weighted by Crippen LogP contribution is -2.05. The minimum absolute atomic E-state index is 0.0555. The molecule has 3 heteroatoms. The lowest BCUT2D eigenvalue weighted by molar-refractivity contribution is -0.143. The monoisotopic (exact) mass is 226 g/mol. The van der Waals surface area contributed by atoms with Crippen molar-refractivity contribution in [2.75, 3.05) is 6.61 Å². The van der Waals surface area contributed by atoms with Gasteiger partial charge < -0.3 is 4.74 Å². The van der Waals surface area contributed by atoms with Crippen molar-refractivity contribution in [1.82, 2.24) is 0 Å². The summed E-state index contributed by atoms with van der Waals surface area (Å²) in [5, 5.41) is 2.06. The van der Waals surface area contributed by atoms with Gasteiger partial charge in [0.25, 0.3) is 0 Å². The average Bonchev–Trinajstić information content (AvgIpc) is 2.71. The van der Waals surface area contributed by atoms with E-state index in [0.29, 0.717) is 13.0 Å². The van der Waals surface area contributed by atoms with Crippen molar-refractivity contribution in [3.05, 3.63) is 22.4 Å². The standard InChI is InChI=1S/C12H18O2S/c1-2-3-9-14-12(13)8-4-6-11-7-5-10-15-11/h5,7,10H,2-4,6,8-9H2,1H3. The summed E-state index contributed by atoms with van der Waals surface area (Å²) in [7, 11) is 0. The van der Waals surface area contributed by atoms with Gasteiger partial charge in [-0.3, -0.25) is 4.79 Å². The molecule has 1 aromatic rings. The van der Waals surface area contributed by atoms with Crippen LogP contribution in [0.2, 0.25) is 0 Å². The molecule has 15 heavy (non-hydrogen) atoms. The molecule has 0 N–H and O–H groups in total. The summed E-state index contributed by atoms with van der Waals surface area (Å²) in [4.78, 5) is 12.6. The largest absolute Gasteiger partial charge is 0.466 e. The molecule has 0 bridgehead atoms. The van der Waals surface area contributed by atoms with Gasteiger partial charge in [0, 0.05) is 11.3 Å². The quantitative estimate of drug-likeness (QED) is 0.526. The molecule has 0 atom stereocenters. The summed E-state index contributed by atoms with van der Waals surface area (Å²) in [5.41, 5.74) is 0. The SMILES string of the molecule is CCCCOC(=O)CCCc1cccs1. The molecule has 0 aromatic carbocycles. The van der Waals surface area contributed by atoms with Gasteiger partial charge in [-0.1, -0.05) is 19.4 Å². The lowest BCUT2D eigenvalue weighted by Gasteiger charge is -2.02. The molecule has 0 aliphatic heterocycles.